The van der Waals surface area contributed by atoms with Crippen molar-refractivity contribution in [3.05, 3.63) is 35.9 Å². The molecule has 1 N–H and O–H groups in total. The van der Waals surface area contributed by atoms with E-state index in [9.17, 15) is 22.5 Å². The molecule has 0 fully saturated rings. The van der Waals surface area contributed by atoms with Crippen LogP contribution in [0.15, 0.2) is 30.3 Å². The molecule has 1 atom stereocenters. The average molecular weight is 339 g/mol. The van der Waals surface area contributed by atoms with E-state index in [0.717, 1.165) is 0 Å². The number of benzene rings is 1. The van der Waals surface area contributed by atoms with Gasteiger partial charge < -0.3 is 14.4 Å². The molecule has 0 aromatic heterocycles. The van der Waals surface area contributed by atoms with Crippen LogP contribution >= 0.6 is 7.60 Å². The van der Waals surface area contributed by atoms with Crippen molar-refractivity contribution in [2.45, 2.75) is 25.8 Å². The normalized spacial score (nSPS) is 13.7. The van der Waals surface area contributed by atoms with E-state index in [1.807, 2.05) is 0 Å². The summed E-state index contributed by atoms with van der Waals surface area (Å²) in [6.45, 7) is 2.28. The minimum Gasteiger partial charge on any atom is -0.330 e. The zero-order valence-corrected chi connectivity index (χ0v) is 13.0. The van der Waals surface area contributed by atoms with E-state index in [2.05, 4.69) is 0 Å². The Hall–Kier alpha value is -1.37. The maximum atomic E-state index is 13.2. The minimum atomic E-state index is -4.98. The molecular formula is C13H17F3NO4P. The Morgan fingerprint density at radius 3 is 2.09 bits per heavy atom. The number of alkyl halides is 3. The van der Waals surface area contributed by atoms with Crippen LogP contribution < -0.4 is 5.32 Å². The van der Waals surface area contributed by atoms with Crippen molar-refractivity contribution >= 4 is 13.5 Å². The summed E-state index contributed by atoms with van der Waals surface area (Å²) >= 11 is 0. The van der Waals surface area contributed by atoms with E-state index in [-0.39, 0.29) is 18.8 Å². The highest BCUT2D eigenvalue weighted by Gasteiger charge is 2.54. The standard InChI is InChI=1S/C13H17F3NO4P/c1-3-20-22(19,21-4-2)12(13(14,15)16)17-11(18)10-8-6-5-7-9-10/h5-9,12H,3-4H2,1-2H3,(H,17,18). The molecule has 0 aliphatic rings. The molecule has 0 radical (unpaired) electrons. The third kappa shape index (κ3) is 4.83. The van der Waals surface area contributed by atoms with Gasteiger partial charge in [0, 0.05) is 5.56 Å². The molecule has 9 heteroatoms. The fourth-order valence-electron chi connectivity index (χ4n) is 1.68. The van der Waals surface area contributed by atoms with Gasteiger partial charge in [-0.3, -0.25) is 9.36 Å². The van der Waals surface area contributed by atoms with Crippen LogP contribution in [0.1, 0.15) is 24.2 Å². The molecule has 0 aliphatic carbocycles. The highest BCUT2D eigenvalue weighted by atomic mass is 31.2. The van der Waals surface area contributed by atoms with Crippen LogP contribution in [0.4, 0.5) is 13.2 Å². The SMILES string of the molecule is CCOP(=O)(OCC)C(NC(=O)c1ccccc1)C(F)(F)F. The van der Waals surface area contributed by atoms with Gasteiger partial charge in [-0.25, -0.2) is 0 Å². The van der Waals surface area contributed by atoms with Crippen molar-refractivity contribution in [1.82, 2.24) is 5.32 Å². The van der Waals surface area contributed by atoms with Crippen molar-refractivity contribution in [1.29, 1.82) is 0 Å². The molecule has 1 unspecified atom stereocenters. The maximum Gasteiger partial charge on any atom is 0.420 e. The second kappa shape index (κ2) is 7.76. The first kappa shape index (κ1) is 18.7. The third-order valence-electron chi connectivity index (χ3n) is 2.55. The zero-order valence-electron chi connectivity index (χ0n) is 12.1. The fourth-order valence-corrected chi connectivity index (χ4v) is 3.41. The lowest BCUT2D eigenvalue weighted by Gasteiger charge is -2.28. The van der Waals surface area contributed by atoms with Crippen LogP contribution in [0.3, 0.4) is 0 Å². The largest absolute Gasteiger partial charge is 0.420 e. The van der Waals surface area contributed by atoms with Gasteiger partial charge in [0.25, 0.3) is 5.91 Å². The van der Waals surface area contributed by atoms with Gasteiger partial charge in [0.15, 0.2) is 0 Å². The molecule has 5 nitrogen and oxygen atoms in total. The van der Waals surface area contributed by atoms with Gasteiger partial charge in [-0.15, -0.1) is 0 Å². The number of hydrogen-bond acceptors (Lipinski definition) is 4. The summed E-state index contributed by atoms with van der Waals surface area (Å²) in [5.41, 5.74) is 0.0105. The van der Waals surface area contributed by atoms with Gasteiger partial charge in [-0.1, -0.05) is 18.2 Å². The van der Waals surface area contributed by atoms with Crippen molar-refractivity contribution in [3.8, 4) is 0 Å². The quantitative estimate of drug-likeness (QED) is 0.772. The Kier molecular flexibility index (Phi) is 6.59. The number of nitrogens with one attached hydrogen (secondary N) is 1. The Bertz CT molecular complexity index is 526. The number of halogens is 3. The highest BCUT2D eigenvalue weighted by Crippen LogP contribution is 2.56. The van der Waals surface area contributed by atoms with Crippen molar-refractivity contribution in [2.75, 3.05) is 13.2 Å². The predicted molar refractivity (Wildman–Crippen MR) is 74.6 cm³/mol. The van der Waals surface area contributed by atoms with E-state index in [1.54, 1.807) is 11.4 Å². The molecule has 22 heavy (non-hydrogen) atoms. The average Bonchev–Trinajstić information content (AvgIpc) is 2.44. The van der Waals surface area contributed by atoms with Gasteiger partial charge in [0.05, 0.1) is 13.2 Å². The summed E-state index contributed by atoms with van der Waals surface area (Å²) < 4.78 is 61.3. The van der Waals surface area contributed by atoms with Crippen LogP contribution in [0, 0.1) is 0 Å². The van der Waals surface area contributed by atoms with E-state index < -0.39 is 25.5 Å². The molecule has 0 saturated carbocycles. The molecule has 0 heterocycles. The lowest BCUT2D eigenvalue weighted by Crippen LogP contribution is -2.46. The lowest BCUT2D eigenvalue weighted by molar-refractivity contribution is -0.139. The van der Waals surface area contributed by atoms with Crippen LogP contribution in [0.2, 0.25) is 0 Å². The summed E-state index contributed by atoms with van der Waals surface area (Å²) in [6, 6.07) is 7.30. The van der Waals surface area contributed by atoms with Gasteiger partial charge >= 0.3 is 13.8 Å². The summed E-state index contributed by atoms with van der Waals surface area (Å²) in [5, 5.41) is 1.71. The van der Waals surface area contributed by atoms with E-state index in [1.165, 1.54) is 38.1 Å². The minimum absolute atomic E-state index is 0.0105. The predicted octanol–water partition coefficient (Wildman–Crippen LogP) is 3.57. The molecule has 1 aromatic carbocycles. The van der Waals surface area contributed by atoms with Crippen LogP contribution in [-0.2, 0) is 13.6 Å². The monoisotopic (exact) mass is 339 g/mol. The maximum absolute atomic E-state index is 13.2. The molecule has 0 aliphatic heterocycles. The first-order valence-electron chi connectivity index (χ1n) is 6.56. The van der Waals surface area contributed by atoms with E-state index in [0.29, 0.717) is 0 Å². The summed E-state index contributed by atoms with van der Waals surface area (Å²) in [5.74, 6) is -3.74. The fraction of sp³-hybridized carbons (Fsp3) is 0.462. The van der Waals surface area contributed by atoms with Gasteiger partial charge in [0.1, 0.15) is 0 Å². The second-order valence-electron chi connectivity index (χ2n) is 4.16. The highest BCUT2D eigenvalue weighted by molar-refractivity contribution is 7.54. The number of carbonyl (C=O) groups is 1. The molecule has 1 rings (SSSR count). The van der Waals surface area contributed by atoms with Crippen molar-refractivity contribution < 1.29 is 31.6 Å². The first-order chi connectivity index (χ1) is 10.2. The third-order valence-corrected chi connectivity index (χ3v) is 4.84. The Morgan fingerprint density at radius 1 is 1.18 bits per heavy atom. The molecule has 124 valence electrons. The molecule has 0 bridgehead atoms. The number of hydrogen-bond donors (Lipinski definition) is 1. The number of carbonyl (C=O) groups excluding carboxylic acids is 1. The summed E-state index contributed by atoms with van der Waals surface area (Å²) in [4.78, 5) is 11.9. The van der Waals surface area contributed by atoms with Crippen molar-refractivity contribution in [2.24, 2.45) is 0 Å². The first-order valence-corrected chi connectivity index (χ1v) is 8.17. The molecule has 0 saturated heterocycles. The van der Waals surface area contributed by atoms with Gasteiger partial charge in [-0.05, 0) is 26.0 Å². The Labute approximate surface area is 126 Å². The Morgan fingerprint density at radius 2 is 1.68 bits per heavy atom. The van der Waals surface area contributed by atoms with Gasteiger partial charge in [0.2, 0.25) is 5.78 Å². The summed E-state index contributed by atoms with van der Waals surface area (Å²) in [6.07, 6.45) is -4.98. The zero-order chi connectivity index (χ0) is 16.8. The second-order valence-corrected chi connectivity index (χ2v) is 6.27. The smallest absolute Gasteiger partial charge is 0.330 e. The number of rotatable bonds is 7. The number of amides is 1. The molecule has 1 aromatic rings. The van der Waals surface area contributed by atoms with Crippen LogP contribution in [-0.4, -0.2) is 31.1 Å². The van der Waals surface area contributed by atoms with Crippen LogP contribution in [0.25, 0.3) is 0 Å². The van der Waals surface area contributed by atoms with Crippen LogP contribution in [0.5, 0.6) is 0 Å². The molecular weight excluding hydrogens is 322 g/mol. The lowest BCUT2D eigenvalue weighted by atomic mass is 10.2. The molecule has 0 spiro atoms. The molecule has 1 amide bonds. The topological polar surface area (TPSA) is 64.6 Å². The van der Waals surface area contributed by atoms with E-state index in [4.69, 9.17) is 9.05 Å². The Balaban J connectivity index is 3.08. The van der Waals surface area contributed by atoms with Gasteiger partial charge in [-0.2, -0.15) is 13.2 Å². The van der Waals surface area contributed by atoms with Crippen molar-refractivity contribution in [3.63, 3.8) is 0 Å². The van der Waals surface area contributed by atoms with E-state index >= 15 is 0 Å². The summed E-state index contributed by atoms with van der Waals surface area (Å²) in [7, 11) is -4.58.